The first-order chi connectivity index (χ1) is 20.4. The summed E-state index contributed by atoms with van der Waals surface area (Å²) in [6, 6.07) is 5.40. The molecular weight excluding hydrogens is 556 g/mol. The molecule has 2 N–H and O–H groups in total. The molecule has 0 radical (unpaired) electrons. The number of benzene rings is 1. The van der Waals surface area contributed by atoms with Gasteiger partial charge in [0.15, 0.2) is 0 Å². The quantitative estimate of drug-likeness (QED) is 0.230. The maximum absolute atomic E-state index is 14.4. The second kappa shape index (κ2) is 14.8. The lowest BCUT2D eigenvalue weighted by Gasteiger charge is -2.28. The van der Waals surface area contributed by atoms with Gasteiger partial charge in [-0.3, -0.25) is 9.69 Å². The number of methoxy groups -OCH3 is 1. The van der Waals surface area contributed by atoms with E-state index < -0.39 is 17.8 Å². The third-order valence-corrected chi connectivity index (χ3v) is 9.89. The molecule has 4 unspecified atom stereocenters. The number of halogens is 1. The van der Waals surface area contributed by atoms with E-state index in [4.69, 9.17) is 19.2 Å². The maximum Gasteiger partial charge on any atom is 0.325 e. The van der Waals surface area contributed by atoms with Crippen molar-refractivity contribution in [2.45, 2.75) is 69.5 Å². The van der Waals surface area contributed by atoms with Crippen molar-refractivity contribution in [3.63, 3.8) is 0 Å². The van der Waals surface area contributed by atoms with Crippen LogP contribution in [0.5, 0.6) is 11.5 Å². The van der Waals surface area contributed by atoms with Crippen molar-refractivity contribution >= 4 is 21.0 Å². The molecule has 2 aromatic rings. The van der Waals surface area contributed by atoms with Gasteiger partial charge < -0.3 is 24.6 Å². The number of carbonyl (C=O) groups is 1. The Bertz CT molecular complexity index is 1190. The number of rotatable bonds is 13. The van der Waals surface area contributed by atoms with Gasteiger partial charge in [0, 0.05) is 49.2 Å². The summed E-state index contributed by atoms with van der Waals surface area (Å²) in [6.07, 6.45) is 8.88. The van der Waals surface area contributed by atoms with Crippen LogP contribution < -0.4 is 14.8 Å². The standard InChI is InChI=1S/C32H45FN3O5P/c1-39-28-18-24(35-31-25(28)6-4-13-34-31)5-2-3-7-29(42)22-10-14-36(19-22)30(32(37)38)26-17-23(33)8-9-27(26)41-20-21-11-15-40-16-12-21/h8-9,17-18,21-22,29-30H,2-7,10-16,19-20,42H2,1H3,(H,34,35)(H,37,38). The number of anilines is 1. The Morgan fingerprint density at radius 2 is 2.07 bits per heavy atom. The van der Waals surface area contributed by atoms with Crippen LogP contribution >= 0.6 is 9.24 Å². The van der Waals surface area contributed by atoms with E-state index in [1.54, 1.807) is 13.2 Å². The molecule has 0 aliphatic carbocycles. The summed E-state index contributed by atoms with van der Waals surface area (Å²) >= 11 is 0. The summed E-state index contributed by atoms with van der Waals surface area (Å²) in [5, 5.41) is 13.7. The number of nitrogens with zero attached hydrogens (tertiary/aromatic N) is 2. The van der Waals surface area contributed by atoms with Crippen LogP contribution in [-0.4, -0.2) is 73.2 Å². The van der Waals surface area contributed by atoms with E-state index in [2.05, 4.69) is 20.6 Å². The van der Waals surface area contributed by atoms with E-state index in [0.29, 0.717) is 61.7 Å². The van der Waals surface area contributed by atoms with E-state index in [1.165, 1.54) is 17.7 Å². The minimum absolute atomic E-state index is 0.357. The molecule has 1 aromatic heterocycles. The first-order valence-corrected chi connectivity index (χ1v) is 16.1. The molecule has 1 aromatic carbocycles. The Morgan fingerprint density at radius 3 is 2.86 bits per heavy atom. The summed E-state index contributed by atoms with van der Waals surface area (Å²) in [6.45, 7) is 4.18. The van der Waals surface area contributed by atoms with Crippen LogP contribution in [0.1, 0.15) is 67.8 Å². The lowest BCUT2D eigenvalue weighted by molar-refractivity contribution is -0.143. The van der Waals surface area contributed by atoms with Crippen molar-refractivity contribution in [2.24, 2.45) is 11.8 Å². The molecule has 2 fully saturated rings. The summed E-state index contributed by atoms with van der Waals surface area (Å²) in [7, 11) is 4.73. The third-order valence-electron chi connectivity index (χ3n) is 9.02. The van der Waals surface area contributed by atoms with Gasteiger partial charge in [-0.05, 0) is 93.6 Å². The number of likely N-dealkylation sites (tertiary alicyclic amines) is 1. The Hall–Kier alpha value is -2.48. The number of unbranched alkanes of at least 4 members (excludes halogenated alkanes) is 1. The molecule has 0 bridgehead atoms. The topological polar surface area (TPSA) is 93.2 Å². The van der Waals surface area contributed by atoms with Crippen molar-refractivity contribution in [1.29, 1.82) is 0 Å². The van der Waals surface area contributed by atoms with Crippen molar-refractivity contribution in [1.82, 2.24) is 9.88 Å². The molecule has 42 heavy (non-hydrogen) atoms. The van der Waals surface area contributed by atoms with Gasteiger partial charge in [-0.1, -0.05) is 6.42 Å². The van der Waals surface area contributed by atoms with Crippen LogP contribution in [0.2, 0.25) is 0 Å². The molecule has 0 amide bonds. The number of hydrogen-bond donors (Lipinski definition) is 2. The highest BCUT2D eigenvalue weighted by molar-refractivity contribution is 7.17. The second-order valence-electron chi connectivity index (χ2n) is 11.9. The number of pyridine rings is 1. The number of carboxylic acid groups (broad SMARTS) is 1. The van der Waals surface area contributed by atoms with Crippen LogP contribution in [-0.2, 0) is 22.4 Å². The van der Waals surface area contributed by atoms with Crippen LogP contribution in [0, 0.1) is 17.7 Å². The zero-order chi connectivity index (χ0) is 29.5. The average Bonchev–Trinajstić information content (AvgIpc) is 3.48. The predicted octanol–water partition coefficient (Wildman–Crippen LogP) is 5.50. The number of carboxylic acids is 1. The monoisotopic (exact) mass is 601 g/mol. The third kappa shape index (κ3) is 7.72. The van der Waals surface area contributed by atoms with E-state index in [9.17, 15) is 14.3 Å². The van der Waals surface area contributed by atoms with Gasteiger partial charge in [0.05, 0.1) is 13.7 Å². The molecule has 3 aliphatic rings. The van der Waals surface area contributed by atoms with E-state index in [-0.39, 0.29) is 0 Å². The van der Waals surface area contributed by atoms with Gasteiger partial charge in [0.25, 0.3) is 0 Å². The first kappa shape index (κ1) is 31.0. The van der Waals surface area contributed by atoms with Crippen LogP contribution in [0.4, 0.5) is 10.2 Å². The molecule has 8 nitrogen and oxygen atoms in total. The van der Waals surface area contributed by atoms with Crippen LogP contribution in [0.25, 0.3) is 0 Å². The first-order valence-electron chi connectivity index (χ1n) is 15.5. The highest BCUT2D eigenvalue weighted by Crippen LogP contribution is 2.37. The smallest absolute Gasteiger partial charge is 0.325 e. The molecule has 5 rings (SSSR count). The lowest BCUT2D eigenvalue weighted by Crippen LogP contribution is -2.34. The highest BCUT2D eigenvalue weighted by atomic mass is 31.0. The SMILES string of the molecule is COc1cc(CCCCC(P)C2CCN(C(C(=O)O)c3cc(F)ccc3OCC3CCOCC3)C2)nc2c1CCCN2. The summed E-state index contributed by atoms with van der Waals surface area (Å²) in [4.78, 5) is 19.4. The van der Waals surface area contributed by atoms with Gasteiger partial charge in [-0.25, -0.2) is 9.37 Å². The number of aryl methyl sites for hydroxylation is 1. The van der Waals surface area contributed by atoms with Crippen molar-refractivity contribution in [3.05, 3.63) is 46.9 Å². The molecule has 230 valence electrons. The molecule has 0 spiro atoms. The Labute approximate surface area is 250 Å². The van der Waals surface area contributed by atoms with Gasteiger partial charge in [-0.2, -0.15) is 0 Å². The molecule has 3 aliphatic heterocycles. The Balaban J connectivity index is 1.15. The fourth-order valence-corrected chi connectivity index (χ4v) is 7.11. The Morgan fingerprint density at radius 1 is 1.24 bits per heavy atom. The number of aliphatic carboxylic acids is 1. The summed E-state index contributed by atoms with van der Waals surface area (Å²) < 4.78 is 31.6. The van der Waals surface area contributed by atoms with Gasteiger partial charge in [0.1, 0.15) is 29.2 Å². The van der Waals surface area contributed by atoms with Crippen molar-refractivity contribution in [2.75, 3.05) is 51.9 Å². The summed E-state index contributed by atoms with van der Waals surface area (Å²) in [5.41, 5.74) is 3.02. The van der Waals surface area contributed by atoms with Crippen molar-refractivity contribution < 1.29 is 28.5 Å². The number of aromatic nitrogens is 1. The maximum atomic E-state index is 14.4. The second-order valence-corrected chi connectivity index (χ2v) is 12.8. The van der Waals surface area contributed by atoms with Gasteiger partial charge in [-0.15, -0.1) is 9.24 Å². The zero-order valence-corrected chi connectivity index (χ0v) is 25.8. The number of nitrogens with one attached hydrogen (secondary N) is 1. The van der Waals surface area contributed by atoms with Crippen LogP contribution in [0.15, 0.2) is 24.3 Å². The van der Waals surface area contributed by atoms with Crippen LogP contribution in [0.3, 0.4) is 0 Å². The molecule has 2 saturated heterocycles. The molecule has 10 heteroatoms. The molecule has 4 heterocycles. The number of ether oxygens (including phenoxy) is 3. The normalized spacial score (nSPS) is 20.9. The van der Waals surface area contributed by atoms with Gasteiger partial charge in [0.2, 0.25) is 0 Å². The largest absolute Gasteiger partial charge is 0.496 e. The zero-order valence-electron chi connectivity index (χ0n) is 24.7. The molecule has 4 atom stereocenters. The highest BCUT2D eigenvalue weighted by Gasteiger charge is 2.37. The van der Waals surface area contributed by atoms with E-state index in [0.717, 1.165) is 81.6 Å². The predicted molar refractivity (Wildman–Crippen MR) is 164 cm³/mol. The minimum Gasteiger partial charge on any atom is -0.496 e. The minimum atomic E-state index is -0.972. The van der Waals surface area contributed by atoms with E-state index in [1.807, 2.05) is 4.90 Å². The molecular formula is C32H45FN3O5P. The number of fused-ring (bicyclic) bond motifs is 1. The molecule has 0 saturated carbocycles. The Kier molecular flexibility index (Phi) is 10.9. The van der Waals surface area contributed by atoms with Gasteiger partial charge >= 0.3 is 5.97 Å². The summed E-state index contributed by atoms with van der Waals surface area (Å²) in [5.74, 6) is 1.66. The lowest BCUT2D eigenvalue weighted by atomic mass is 9.98. The van der Waals surface area contributed by atoms with Crippen molar-refractivity contribution in [3.8, 4) is 11.5 Å². The van der Waals surface area contributed by atoms with E-state index >= 15 is 0 Å². The average molecular weight is 602 g/mol. The fourth-order valence-electron chi connectivity index (χ4n) is 6.56. The fraction of sp³-hybridized carbons (Fsp3) is 0.625. The number of hydrogen-bond acceptors (Lipinski definition) is 7.